The molecule has 0 saturated carbocycles. The molecule has 11 heteroatoms. The van der Waals surface area contributed by atoms with Gasteiger partial charge in [0.2, 0.25) is 0 Å². The number of hydrogen-bond donors (Lipinski definition) is 2. The maximum atomic E-state index is 11.5. The van der Waals surface area contributed by atoms with Crippen LogP contribution in [0.3, 0.4) is 0 Å². The largest absolute Gasteiger partial charge is 0.423 e. The highest BCUT2D eigenvalue weighted by molar-refractivity contribution is 7.86. The van der Waals surface area contributed by atoms with Crippen molar-refractivity contribution >= 4 is 26.7 Å². The van der Waals surface area contributed by atoms with Crippen molar-refractivity contribution in [3.05, 3.63) is 36.4 Å². The van der Waals surface area contributed by atoms with Gasteiger partial charge in [-0.1, -0.05) is 0 Å². The van der Waals surface area contributed by atoms with Gasteiger partial charge in [0.15, 0.2) is 5.75 Å². The third-order valence-electron chi connectivity index (χ3n) is 2.91. The van der Waals surface area contributed by atoms with E-state index in [0.717, 1.165) is 36.8 Å². The average Bonchev–Trinajstić information content (AvgIpc) is 2.46. The third kappa shape index (κ3) is 3.71. The summed E-state index contributed by atoms with van der Waals surface area (Å²) in [6.45, 7) is 1.06. The van der Waals surface area contributed by atoms with Crippen LogP contribution in [0.4, 0.5) is 0 Å². The van der Waals surface area contributed by atoms with Gasteiger partial charge < -0.3 is 4.74 Å². The summed E-state index contributed by atoms with van der Waals surface area (Å²) in [4.78, 5) is 8.58. The number of hydrogen-bond acceptors (Lipinski definition) is 6. The second-order valence-electron chi connectivity index (χ2n) is 4.45. The van der Waals surface area contributed by atoms with Crippen LogP contribution in [0.15, 0.2) is 46.2 Å². The Kier molecular flexibility index (Phi) is 4.62. The summed E-state index contributed by atoms with van der Waals surface area (Å²) in [6.07, 6.45) is 0. The van der Waals surface area contributed by atoms with E-state index in [1.165, 1.54) is 0 Å². The van der Waals surface area contributed by atoms with Crippen molar-refractivity contribution in [1.29, 1.82) is 0 Å². The molecule has 0 spiro atoms. The standard InChI is InChI=1S/C13H8O9S2/c14-7-22-9-2-4-11(13(6-9)24(19,20)21)10-3-1-8(15)5-12(10)23(16,17)18/h1-6H,(H,16,17,18)(H,19,20,21). The van der Waals surface area contributed by atoms with Crippen molar-refractivity contribution in [2.45, 2.75) is 9.79 Å². The Morgan fingerprint density at radius 3 is 1.83 bits per heavy atom. The summed E-state index contributed by atoms with van der Waals surface area (Å²) >= 11 is 0. The lowest BCUT2D eigenvalue weighted by Crippen LogP contribution is -2.05. The van der Waals surface area contributed by atoms with E-state index >= 15 is 0 Å². The summed E-state index contributed by atoms with van der Waals surface area (Å²) in [5.74, 6) is -1.02. The first-order valence-electron chi connectivity index (χ1n) is 5.98. The second-order valence-corrected chi connectivity index (χ2v) is 7.23. The van der Waals surface area contributed by atoms with Crippen LogP contribution in [0.25, 0.3) is 11.1 Å². The Bertz CT molecular complexity index is 1010. The quantitative estimate of drug-likeness (QED) is 0.747. The van der Waals surface area contributed by atoms with Crippen molar-refractivity contribution in [1.82, 2.24) is 0 Å². The van der Waals surface area contributed by atoms with Gasteiger partial charge in [-0.05, 0) is 24.3 Å². The predicted molar refractivity (Wildman–Crippen MR) is 78.0 cm³/mol. The molecule has 0 aliphatic rings. The van der Waals surface area contributed by atoms with Gasteiger partial charge in [-0.25, -0.2) is 4.79 Å². The first kappa shape index (κ1) is 17.9. The van der Waals surface area contributed by atoms with E-state index in [1.54, 1.807) is 0 Å². The maximum Gasteiger partial charge on any atom is 0.423 e. The molecule has 0 saturated heterocycles. The molecule has 0 bridgehead atoms. The fourth-order valence-electron chi connectivity index (χ4n) is 1.99. The zero-order valence-electron chi connectivity index (χ0n) is 11.5. The highest BCUT2D eigenvalue weighted by Gasteiger charge is 2.24. The van der Waals surface area contributed by atoms with Crippen molar-refractivity contribution in [3.8, 4) is 22.6 Å². The first-order valence-corrected chi connectivity index (χ1v) is 8.86. The highest BCUT2D eigenvalue weighted by atomic mass is 32.2. The molecule has 24 heavy (non-hydrogen) atoms. The lowest BCUT2D eigenvalue weighted by molar-refractivity contribution is 0.353. The summed E-state index contributed by atoms with van der Waals surface area (Å²) in [7, 11) is -9.72. The zero-order chi connectivity index (χ0) is 18.1. The molecule has 9 nitrogen and oxygen atoms in total. The number of ether oxygens (including phenoxy) is 1. The fourth-order valence-corrected chi connectivity index (χ4v) is 3.43. The van der Waals surface area contributed by atoms with E-state index in [1.807, 2.05) is 0 Å². The Hall–Kier alpha value is -2.47. The van der Waals surface area contributed by atoms with Gasteiger partial charge in [0, 0.05) is 23.3 Å². The molecule has 0 unspecified atom stereocenters. The van der Waals surface area contributed by atoms with Gasteiger partial charge in [0.05, 0.1) is 0 Å². The van der Waals surface area contributed by atoms with Crippen LogP contribution in [0.2, 0.25) is 0 Å². The predicted octanol–water partition coefficient (Wildman–Crippen LogP) is 1.44. The smallest absolute Gasteiger partial charge is 0.418 e. The lowest BCUT2D eigenvalue weighted by Gasteiger charge is -2.12. The van der Waals surface area contributed by atoms with Crippen molar-refractivity contribution < 1.29 is 40.6 Å². The van der Waals surface area contributed by atoms with Crippen LogP contribution in [0.1, 0.15) is 0 Å². The second kappa shape index (κ2) is 6.20. The van der Waals surface area contributed by atoms with Gasteiger partial charge in [-0.15, -0.1) is 0 Å². The van der Waals surface area contributed by atoms with Crippen LogP contribution in [0.5, 0.6) is 11.5 Å². The first-order chi connectivity index (χ1) is 11.0. The van der Waals surface area contributed by atoms with Crippen LogP contribution in [0, 0.1) is 0 Å². The van der Waals surface area contributed by atoms with Crippen LogP contribution < -0.4 is 4.74 Å². The summed E-state index contributed by atoms with van der Waals surface area (Å²) < 4.78 is 68.9. The minimum absolute atomic E-state index is 0.282. The molecular formula is C13H8O9S2. The molecule has 2 aromatic carbocycles. The van der Waals surface area contributed by atoms with Gasteiger partial charge in [0.25, 0.3) is 20.2 Å². The van der Waals surface area contributed by atoms with Crippen molar-refractivity contribution in [3.63, 3.8) is 0 Å². The SMILES string of the molecule is [O]c1ccc(-c2ccc(O[C]=O)cc2S(=O)(=O)O)c(S(=O)(=O)O)c1. The lowest BCUT2D eigenvalue weighted by atomic mass is 10.1. The van der Waals surface area contributed by atoms with E-state index in [2.05, 4.69) is 4.74 Å². The Morgan fingerprint density at radius 1 is 0.833 bits per heavy atom. The molecule has 0 amide bonds. The highest BCUT2D eigenvalue weighted by Crippen LogP contribution is 2.36. The van der Waals surface area contributed by atoms with Crippen LogP contribution in [-0.4, -0.2) is 32.4 Å². The molecule has 0 aliphatic heterocycles. The molecule has 0 heterocycles. The minimum Gasteiger partial charge on any atom is -0.418 e. The molecule has 0 aliphatic carbocycles. The maximum absolute atomic E-state index is 11.5. The Labute approximate surface area is 136 Å². The molecule has 0 fully saturated rings. The molecule has 2 radical (unpaired) electrons. The Balaban J connectivity index is 2.86. The summed E-state index contributed by atoms with van der Waals surface area (Å²) in [5, 5.41) is 11.3. The molecule has 0 atom stereocenters. The molecular weight excluding hydrogens is 364 g/mol. The van der Waals surface area contributed by atoms with Gasteiger partial charge in [-0.2, -0.15) is 16.8 Å². The van der Waals surface area contributed by atoms with Crippen LogP contribution >= 0.6 is 0 Å². The van der Waals surface area contributed by atoms with Crippen molar-refractivity contribution in [2.24, 2.45) is 0 Å². The van der Waals surface area contributed by atoms with E-state index in [9.17, 15) is 35.8 Å². The van der Waals surface area contributed by atoms with Crippen molar-refractivity contribution in [2.75, 3.05) is 0 Å². The van der Waals surface area contributed by atoms with E-state index in [0.29, 0.717) is 6.07 Å². The van der Waals surface area contributed by atoms with E-state index < -0.39 is 35.8 Å². The normalized spacial score (nSPS) is 11.9. The monoisotopic (exact) mass is 372 g/mol. The number of benzene rings is 2. The van der Waals surface area contributed by atoms with E-state index in [4.69, 9.17) is 0 Å². The third-order valence-corrected chi connectivity index (χ3v) is 4.70. The summed E-state index contributed by atoms with van der Waals surface area (Å²) in [6, 6.07) is 5.41. The topological polar surface area (TPSA) is 155 Å². The van der Waals surface area contributed by atoms with Gasteiger partial charge >= 0.3 is 6.47 Å². The summed E-state index contributed by atoms with van der Waals surface area (Å²) in [5.41, 5.74) is -0.672. The van der Waals surface area contributed by atoms with Gasteiger partial charge in [0.1, 0.15) is 15.5 Å². The van der Waals surface area contributed by atoms with E-state index in [-0.39, 0.29) is 16.9 Å². The van der Waals surface area contributed by atoms with Crippen LogP contribution in [-0.2, 0) is 30.1 Å². The number of carbonyl (C=O) groups excluding carboxylic acids is 1. The molecule has 2 N–H and O–H groups in total. The number of rotatable bonds is 5. The Morgan fingerprint density at radius 2 is 1.33 bits per heavy atom. The average molecular weight is 372 g/mol. The molecule has 2 aromatic rings. The van der Waals surface area contributed by atoms with Gasteiger partial charge in [-0.3, -0.25) is 14.2 Å². The molecule has 126 valence electrons. The molecule has 2 rings (SSSR count). The minimum atomic E-state index is -4.86. The molecule has 0 aromatic heterocycles. The fraction of sp³-hybridized carbons (Fsp3) is 0. The zero-order valence-corrected chi connectivity index (χ0v) is 13.2.